The SMILES string of the molecule is COc1ccc(Nc2ncc(C(=O)Nc3ccc(C(C)=O)cc3)cn2)c(OC)c1. The number of hydrogen-bond donors (Lipinski definition) is 2. The topological polar surface area (TPSA) is 102 Å². The maximum absolute atomic E-state index is 12.4. The van der Waals surface area contributed by atoms with Crippen molar-refractivity contribution in [2.45, 2.75) is 6.92 Å². The summed E-state index contributed by atoms with van der Waals surface area (Å²) in [4.78, 5) is 32.0. The molecule has 1 amide bonds. The van der Waals surface area contributed by atoms with Gasteiger partial charge >= 0.3 is 0 Å². The molecule has 0 radical (unpaired) electrons. The highest BCUT2D eigenvalue weighted by atomic mass is 16.5. The van der Waals surface area contributed by atoms with Crippen LogP contribution in [0.3, 0.4) is 0 Å². The molecule has 148 valence electrons. The molecule has 2 N–H and O–H groups in total. The molecule has 0 atom stereocenters. The van der Waals surface area contributed by atoms with E-state index in [1.54, 1.807) is 56.7 Å². The maximum atomic E-state index is 12.4. The normalized spacial score (nSPS) is 10.2. The Morgan fingerprint density at radius 1 is 0.897 bits per heavy atom. The van der Waals surface area contributed by atoms with Gasteiger partial charge in [0, 0.05) is 29.7 Å². The second-order valence-corrected chi connectivity index (χ2v) is 6.07. The molecule has 0 unspecified atom stereocenters. The highest BCUT2D eigenvalue weighted by Crippen LogP contribution is 2.30. The fraction of sp³-hybridized carbons (Fsp3) is 0.143. The van der Waals surface area contributed by atoms with Crippen LogP contribution in [0, 0.1) is 0 Å². The van der Waals surface area contributed by atoms with Gasteiger partial charge in [0.15, 0.2) is 5.78 Å². The van der Waals surface area contributed by atoms with Gasteiger partial charge in [-0.05, 0) is 43.3 Å². The van der Waals surface area contributed by atoms with E-state index < -0.39 is 0 Å². The Labute approximate surface area is 167 Å². The van der Waals surface area contributed by atoms with Gasteiger partial charge in [-0.25, -0.2) is 9.97 Å². The smallest absolute Gasteiger partial charge is 0.258 e. The van der Waals surface area contributed by atoms with E-state index in [1.165, 1.54) is 19.3 Å². The Morgan fingerprint density at radius 3 is 2.17 bits per heavy atom. The zero-order valence-electron chi connectivity index (χ0n) is 16.2. The molecule has 8 heteroatoms. The van der Waals surface area contributed by atoms with Crippen LogP contribution < -0.4 is 20.1 Å². The minimum atomic E-state index is -0.353. The molecule has 0 saturated carbocycles. The number of ketones is 1. The fourth-order valence-corrected chi connectivity index (χ4v) is 2.52. The molecule has 29 heavy (non-hydrogen) atoms. The van der Waals surface area contributed by atoms with Crippen LogP contribution in [0.1, 0.15) is 27.6 Å². The number of carbonyl (C=O) groups excluding carboxylic acids is 2. The number of amides is 1. The van der Waals surface area contributed by atoms with Gasteiger partial charge in [0.05, 0.1) is 25.5 Å². The number of ether oxygens (including phenoxy) is 2. The molecule has 3 aromatic rings. The number of Topliss-reactive ketones (excluding diaryl/α,β-unsaturated/α-hetero) is 1. The van der Waals surface area contributed by atoms with Crippen LogP contribution in [-0.2, 0) is 0 Å². The monoisotopic (exact) mass is 392 g/mol. The van der Waals surface area contributed by atoms with E-state index in [1.807, 2.05) is 0 Å². The zero-order chi connectivity index (χ0) is 20.8. The summed E-state index contributed by atoms with van der Waals surface area (Å²) in [5.41, 5.74) is 2.12. The lowest BCUT2D eigenvalue weighted by atomic mass is 10.1. The van der Waals surface area contributed by atoms with Gasteiger partial charge in [0.1, 0.15) is 11.5 Å². The number of carbonyl (C=O) groups is 2. The average molecular weight is 392 g/mol. The molecule has 3 rings (SSSR count). The average Bonchev–Trinajstić information content (AvgIpc) is 2.74. The number of aromatic nitrogens is 2. The van der Waals surface area contributed by atoms with E-state index in [-0.39, 0.29) is 11.7 Å². The van der Waals surface area contributed by atoms with Gasteiger partial charge in [-0.2, -0.15) is 0 Å². The highest BCUT2D eigenvalue weighted by Gasteiger charge is 2.10. The van der Waals surface area contributed by atoms with Crippen molar-refractivity contribution in [2.24, 2.45) is 0 Å². The standard InChI is InChI=1S/C21H20N4O4/c1-13(26)14-4-6-16(7-5-14)24-20(27)15-11-22-21(23-12-15)25-18-9-8-17(28-2)10-19(18)29-3/h4-12H,1-3H3,(H,24,27)(H,22,23,25). The first-order valence-electron chi connectivity index (χ1n) is 8.73. The zero-order valence-corrected chi connectivity index (χ0v) is 16.2. The summed E-state index contributed by atoms with van der Waals surface area (Å²) in [5, 5.41) is 5.78. The third kappa shape index (κ3) is 4.86. The van der Waals surface area contributed by atoms with E-state index in [0.717, 1.165) is 0 Å². The molecule has 0 spiro atoms. The Morgan fingerprint density at radius 2 is 1.59 bits per heavy atom. The predicted octanol–water partition coefficient (Wildman–Crippen LogP) is 3.69. The van der Waals surface area contributed by atoms with Crippen LogP contribution in [0.15, 0.2) is 54.9 Å². The molecule has 0 aliphatic heterocycles. The lowest BCUT2D eigenvalue weighted by Crippen LogP contribution is -2.13. The molecule has 1 heterocycles. The summed E-state index contributed by atoms with van der Waals surface area (Å²) >= 11 is 0. The van der Waals surface area contributed by atoms with Crippen LogP contribution in [0.25, 0.3) is 0 Å². The molecule has 0 bridgehead atoms. The first kappa shape index (κ1) is 19.8. The van der Waals surface area contributed by atoms with Crippen LogP contribution in [0.2, 0.25) is 0 Å². The summed E-state index contributed by atoms with van der Waals surface area (Å²) in [6.45, 7) is 1.49. The lowest BCUT2D eigenvalue weighted by molar-refractivity contribution is 0.101. The quantitative estimate of drug-likeness (QED) is 0.591. The lowest BCUT2D eigenvalue weighted by Gasteiger charge is -2.11. The molecule has 0 aliphatic carbocycles. The van der Waals surface area contributed by atoms with Crippen molar-refractivity contribution in [3.05, 3.63) is 66.0 Å². The van der Waals surface area contributed by atoms with E-state index in [2.05, 4.69) is 20.6 Å². The van der Waals surface area contributed by atoms with Crippen molar-refractivity contribution in [3.8, 4) is 11.5 Å². The van der Waals surface area contributed by atoms with Crippen molar-refractivity contribution in [3.63, 3.8) is 0 Å². The van der Waals surface area contributed by atoms with Crippen molar-refractivity contribution < 1.29 is 19.1 Å². The van der Waals surface area contributed by atoms with Gasteiger partial charge in [0.25, 0.3) is 5.91 Å². The minimum Gasteiger partial charge on any atom is -0.497 e. The second kappa shape index (κ2) is 8.83. The predicted molar refractivity (Wildman–Crippen MR) is 109 cm³/mol. The molecule has 0 saturated heterocycles. The molecule has 2 aromatic carbocycles. The molecule has 1 aromatic heterocycles. The van der Waals surface area contributed by atoms with Gasteiger partial charge in [-0.15, -0.1) is 0 Å². The van der Waals surface area contributed by atoms with Crippen LogP contribution in [0.5, 0.6) is 11.5 Å². The van der Waals surface area contributed by atoms with E-state index in [9.17, 15) is 9.59 Å². The van der Waals surface area contributed by atoms with Gasteiger partial charge in [-0.3, -0.25) is 9.59 Å². The number of nitrogens with zero attached hydrogens (tertiary/aromatic N) is 2. The second-order valence-electron chi connectivity index (χ2n) is 6.07. The largest absolute Gasteiger partial charge is 0.497 e. The van der Waals surface area contributed by atoms with Crippen molar-refractivity contribution >= 4 is 29.0 Å². The molecule has 0 aliphatic rings. The molecule has 0 fully saturated rings. The van der Waals surface area contributed by atoms with E-state index in [4.69, 9.17) is 9.47 Å². The van der Waals surface area contributed by atoms with Crippen LogP contribution in [-0.4, -0.2) is 35.9 Å². The Hall–Kier alpha value is -3.94. The van der Waals surface area contributed by atoms with E-state index in [0.29, 0.717) is 39.9 Å². The first-order chi connectivity index (χ1) is 14.0. The van der Waals surface area contributed by atoms with Crippen molar-refractivity contribution in [1.29, 1.82) is 0 Å². The summed E-state index contributed by atoms with van der Waals surface area (Å²) in [6.07, 6.45) is 2.84. The number of hydrogen-bond acceptors (Lipinski definition) is 7. The van der Waals surface area contributed by atoms with Gasteiger partial charge < -0.3 is 20.1 Å². The number of rotatable bonds is 7. The minimum absolute atomic E-state index is 0.0344. The van der Waals surface area contributed by atoms with E-state index >= 15 is 0 Å². The van der Waals surface area contributed by atoms with Crippen molar-refractivity contribution in [1.82, 2.24) is 9.97 Å². The summed E-state index contributed by atoms with van der Waals surface area (Å²) in [6, 6.07) is 12.0. The highest BCUT2D eigenvalue weighted by molar-refractivity contribution is 6.04. The number of anilines is 3. The third-order valence-electron chi connectivity index (χ3n) is 4.12. The molecular weight excluding hydrogens is 372 g/mol. The number of benzene rings is 2. The van der Waals surface area contributed by atoms with Crippen LogP contribution >= 0.6 is 0 Å². The maximum Gasteiger partial charge on any atom is 0.258 e. The number of nitrogens with one attached hydrogen (secondary N) is 2. The summed E-state index contributed by atoms with van der Waals surface area (Å²) in [7, 11) is 3.13. The Kier molecular flexibility index (Phi) is 6.03. The fourth-order valence-electron chi connectivity index (χ4n) is 2.52. The van der Waals surface area contributed by atoms with Crippen molar-refractivity contribution in [2.75, 3.05) is 24.9 Å². The Bertz CT molecular complexity index is 1020. The van der Waals surface area contributed by atoms with Gasteiger partial charge in [-0.1, -0.05) is 0 Å². The Balaban J connectivity index is 1.68. The first-order valence-corrected chi connectivity index (χ1v) is 8.73. The van der Waals surface area contributed by atoms with Crippen LogP contribution in [0.4, 0.5) is 17.3 Å². The summed E-state index contributed by atoms with van der Waals surface area (Å²) in [5.74, 6) is 1.17. The number of methoxy groups -OCH3 is 2. The van der Waals surface area contributed by atoms with Gasteiger partial charge in [0.2, 0.25) is 5.95 Å². The molecular formula is C21H20N4O4. The molecule has 8 nitrogen and oxygen atoms in total. The third-order valence-corrected chi connectivity index (χ3v) is 4.12. The summed E-state index contributed by atoms with van der Waals surface area (Å²) < 4.78 is 10.5.